The summed E-state index contributed by atoms with van der Waals surface area (Å²) < 4.78 is 2.39. The fourth-order valence-electron chi connectivity index (χ4n) is 2.12. The molecule has 0 radical (unpaired) electrons. The second-order valence-corrected chi connectivity index (χ2v) is 3.89. The molecule has 1 atom stereocenters. The van der Waals surface area contributed by atoms with Crippen LogP contribution in [0.25, 0.3) is 0 Å². The van der Waals surface area contributed by atoms with Crippen molar-refractivity contribution in [2.75, 3.05) is 27.2 Å². The van der Waals surface area contributed by atoms with E-state index in [4.69, 9.17) is 0 Å². The predicted octanol–water partition coefficient (Wildman–Crippen LogP) is 1.41. The molecule has 0 aromatic heterocycles. The molecule has 0 amide bonds. The van der Waals surface area contributed by atoms with Crippen LogP contribution in [0, 0.1) is 5.92 Å². The first kappa shape index (κ1) is 9.56. The van der Waals surface area contributed by atoms with Gasteiger partial charge in [-0.2, -0.15) is 0 Å². The lowest BCUT2D eigenvalue weighted by atomic mass is 10.1. The SMILES string of the molecule is CCCN(C)C1=[N+](C)CCC1C. The minimum absolute atomic E-state index is 0.756. The molecule has 70 valence electrons. The van der Waals surface area contributed by atoms with Crippen LogP contribution in [0.15, 0.2) is 0 Å². The van der Waals surface area contributed by atoms with Crippen molar-refractivity contribution >= 4 is 5.84 Å². The summed E-state index contributed by atoms with van der Waals surface area (Å²) in [6.07, 6.45) is 2.56. The highest BCUT2D eigenvalue weighted by Gasteiger charge is 2.29. The maximum absolute atomic E-state index is 2.40. The van der Waals surface area contributed by atoms with Gasteiger partial charge in [-0.15, -0.1) is 0 Å². The first-order valence-electron chi connectivity index (χ1n) is 4.96. The van der Waals surface area contributed by atoms with Gasteiger partial charge in [0.05, 0.1) is 33.1 Å². The molecule has 0 saturated carbocycles. The van der Waals surface area contributed by atoms with Gasteiger partial charge in [0.2, 0.25) is 5.84 Å². The molecule has 0 N–H and O–H groups in total. The van der Waals surface area contributed by atoms with E-state index in [1.54, 1.807) is 0 Å². The van der Waals surface area contributed by atoms with Gasteiger partial charge in [0.1, 0.15) is 0 Å². The molecule has 2 nitrogen and oxygen atoms in total. The van der Waals surface area contributed by atoms with Crippen molar-refractivity contribution < 1.29 is 4.58 Å². The average Bonchev–Trinajstić information content (AvgIpc) is 2.32. The lowest BCUT2D eigenvalue weighted by Gasteiger charge is -2.14. The second-order valence-electron chi connectivity index (χ2n) is 3.89. The van der Waals surface area contributed by atoms with Gasteiger partial charge in [0, 0.05) is 0 Å². The number of amidine groups is 1. The van der Waals surface area contributed by atoms with E-state index in [0.717, 1.165) is 5.92 Å². The van der Waals surface area contributed by atoms with Crippen LogP contribution in [-0.4, -0.2) is 42.5 Å². The van der Waals surface area contributed by atoms with Crippen LogP contribution in [0.3, 0.4) is 0 Å². The van der Waals surface area contributed by atoms with Gasteiger partial charge in [-0.05, 0) is 12.8 Å². The minimum Gasteiger partial charge on any atom is -0.268 e. The molecule has 2 heteroatoms. The molecule has 0 aliphatic carbocycles. The average molecular weight is 169 g/mol. The van der Waals surface area contributed by atoms with Crippen LogP contribution in [0.5, 0.6) is 0 Å². The van der Waals surface area contributed by atoms with Crippen molar-refractivity contribution in [3.63, 3.8) is 0 Å². The third-order valence-corrected chi connectivity index (χ3v) is 2.68. The topological polar surface area (TPSA) is 6.25 Å². The van der Waals surface area contributed by atoms with Crippen LogP contribution < -0.4 is 0 Å². The van der Waals surface area contributed by atoms with Crippen molar-refractivity contribution in [2.45, 2.75) is 26.7 Å². The van der Waals surface area contributed by atoms with E-state index >= 15 is 0 Å². The number of rotatable bonds is 2. The maximum Gasteiger partial charge on any atom is 0.249 e. The van der Waals surface area contributed by atoms with Crippen molar-refractivity contribution in [2.24, 2.45) is 5.92 Å². The first-order valence-corrected chi connectivity index (χ1v) is 4.96. The Morgan fingerprint density at radius 3 is 2.67 bits per heavy atom. The monoisotopic (exact) mass is 169 g/mol. The zero-order chi connectivity index (χ0) is 9.14. The molecule has 1 aliphatic rings. The zero-order valence-electron chi connectivity index (χ0n) is 8.80. The van der Waals surface area contributed by atoms with Crippen LogP contribution >= 0.6 is 0 Å². The van der Waals surface area contributed by atoms with E-state index in [0.29, 0.717) is 0 Å². The van der Waals surface area contributed by atoms with Gasteiger partial charge in [0.15, 0.2) is 0 Å². The lowest BCUT2D eigenvalue weighted by molar-refractivity contribution is -0.493. The minimum atomic E-state index is 0.756. The molecule has 0 spiro atoms. The van der Waals surface area contributed by atoms with E-state index in [-0.39, 0.29) is 0 Å². The van der Waals surface area contributed by atoms with Crippen LogP contribution in [0.1, 0.15) is 26.7 Å². The molecule has 1 unspecified atom stereocenters. The van der Waals surface area contributed by atoms with Gasteiger partial charge >= 0.3 is 0 Å². The number of hydrogen-bond donors (Lipinski definition) is 0. The van der Waals surface area contributed by atoms with Crippen molar-refractivity contribution in [3.8, 4) is 0 Å². The van der Waals surface area contributed by atoms with Gasteiger partial charge in [-0.25, -0.2) is 0 Å². The Labute approximate surface area is 75.9 Å². The fourth-order valence-corrected chi connectivity index (χ4v) is 2.12. The highest BCUT2D eigenvalue weighted by molar-refractivity contribution is 5.80. The summed E-state index contributed by atoms with van der Waals surface area (Å²) in [4.78, 5) is 2.40. The van der Waals surface area contributed by atoms with E-state index < -0.39 is 0 Å². The summed E-state index contributed by atoms with van der Waals surface area (Å²) in [5, 5.41) is 0. The molecule has 0 saturated heterocycles. The van der Waals surface area contributed by atoms with Crippen LogP contribution in [0.4, 0.5) is 0 Å². The van der Waals surface area contributed by atoms with E-state index in [1.807, 2.05) is 0 Å². The lowest BCUT2D eigenvalue weighted by Crippen LogP contribution is -2.34. The molecule has 0 aromatic rings. The summed E-state index contributed by atoms with van der Waals surface area (Å²) in [6, 6.07) is 0. The fraction of sp³-hybridized carbons (Fsp3) is 0.900. The number of nitrogens with zero attached hydrogens (tertiary/aromatic N) is 2. The highest BCUT2D eigenvalue weighted by Crippen LogP contribution is 2.14. The van der Waals surface area contributed by atoms with Gasteiger partial charge in [-0.1, -0.05) is 13.8 Å². The van der Waals surface area contributed by atoms with E-state index in [1.165, 1.54) is 31.8 Å². The summed E-state index contributed by atoms with van der Waals surface area (Å²) in [6.45, 7) is 6.97. The van der Waals surface area contributed by atoms with Crippen LogP contribution in [0.2, 0.25) is 0 Å². The molecular weight excluding hydrogens is 148 g/mol. The molecular formula is C10H21N2+. The Balaban J connectivity index is 2.64. The molecule has 0 aromatic carbocycles. The Kier molecular flexibility index (Phi) is 3.12. The Bertz CT molecular complexity index is 184. The Morgan fingerprint density at radius 2 is 2.25 bits per heavy atom. The van der Waals surface area contributed by atoms with Gasteiger partial charge < -0.3 is 0 Å². The maximum atomic E-state index is 2.40. The summed E-state index contributed by atoms with van der Waals surface area (Å²) in [5.74, 6) is 2.28. The number of hydrogen-bond acceptors (Lipinski definition) is 1. The second kappa shape index (κ2) is 3.92. The van der Waals surface area contributed by atoms with Gasteiger partial charge in [0.25, 0.3) is 0 Å². The van der Waals surface area contributed by atoms with Crippen molar-refractivity contribution in [1.29, 1.82) is 0 Å². The predicted molar refractivity (Wildman–Crippen MR) is 52.8 cm³/mol. The quantitative estimate of drug-likeness (QED) is 0.566. The zero-order valence-corrected chi connectivity index (χ0v) is 8.80. The van der Waals surface area contributed by atoms with Crippen molar-refractivity contribution in [1.82, 2.24) is 4.90 Å². The molecule has 0 fully saturated rings. The van der Waals surface area contributed by atoms with Gasteiger partial charge in [-0.3, -0.25) is 9.48 Å². The van der Waals surface area contributed by atoms with E-state index in [2.05, 4.69) is 37.4 Å². The highest BCUT2D eigenvalue weighted by atomic mass is 15.2. The largest absolute Gasteiger partial charge is 0.268 e. The molecule has 1 aliphatic heterocycles. The summed E-state index contributed by atoms with van der Waals surface area (Å²) in [7, 11) is 4.40. The van der Waals surface area contributed by atoms with E-state index in [9.17, 15) is 0 Å². The normalized spacial score (nSPS) is 23.5. The smallest absolute Gasteiger partial charge is 0.249 e. The third kappa shape index (κ3) is 1.79. The Hall–Kier alpha value is -0.530. The summed E-state index contributed by atoms with van der Waals surface area (Å²) >= 11 is 0. The Morgan fingerprint density at radius 1 is 1.58 bits per heavy atom. The molecule has 12 heavy (non-hydrogen) atoms. The summed E-state index contributed by atoms with van der Waals surface area (Å²) in [5.41, 5.74) is 0. The first-order chi connectivity index (χ1) is 5.66. The molecule has 0 bridgehead atoms. The molecule has 1 rings (SSSR count). The third-order valence-electron chi connectivity index (χ3n) is 2.68. The molecule has 1 heterocycles. The van der Waals surface area contributed by atoms with Crippen LogP contribution in [-0.2, 0) is 0 Å². The van der Waals surface area contributed by atoms with Crippen molar-refractivity contribution in [3.05, 3.63) is 0 Å². The standard InChI is InChI=1S/C10H21N2/c1-5-7-11(3)10-9(2)6-8-12(10)4/h9H,5-8H2,1-4H3/q+1.